The zero-order valence-electron chi connectivity index (χ0n) is 12.3. The number of nitrogens with one attached hydrogen (secondary N) is 1. The molecule has 1 aromatic carbocycles. The van der Waals surface area contributed by atoms with Crippen LogP contribution in [0.4, 0.5) is 0 Å². The standard InChI is InChI=1S/C14H24NO4P/c1-4-6-11-15-14(20(16,17)19-5-2)12-7-9-13(18-3)10-8-12/h7-10,14-15H,4-6,11H2,1-3H3,(H,16,17). The van der Waals surface area contributed by atoms with E-state index in [-0.39, 0.29) is 6.61 Å². The van der Waals surface area contributed by atoms with Gasteiger partial charge in [-0.25, -0.2) is 0 Å². The Morgan fingerprint density at radius 2 is 1.95 bits per heavy atom. The molecule has 0 spiro atoms. The molecule has 20 heavy (non-hydrogen) atoms. The van der Waals surface area contributed by atoms with Gasteiger partial charge in [0.15, 0.2) is 0 Å². The number of benzene rings is 1. The number of hydrogen-bond acceptors (Lipinski definition) is 4. The summed E-state index contributed by atoms with van der Waals surface area (Å²) in [6.07, 6.45) is 1.96. The van der Waals surface area contributed by atoms with E-state index in [9.17, 15) is 9.46 Å². The minimum atomic E-state index is -3.74. The molecule has 0 aliphatic rings. The van der Waals surface area contributed by atoms with Crippen molar-refractivity contribution >= 4 is 7.60 Å². The Kier molecular flexibility index (Phi) is 7.24. The van der Waals surface area contributed by atoms with E-state index in [1.807, 2.05) is 0 Å². The predicted molar refractivity (Wildman–Crippen MR) is 80.1 cm³/mol. The summed E-state index contributed by atoms with van der Waals surface area (Å²) in [6.45, 7) is 4.66. The van der Waals surface area contributed by atoms with Crippen LogP contribution in [0.5, 0.6) is 5.75 Å². The van der Waals surface area contributed by atoms with Gasteiger partial charge in [0.25, 0.3) is 0 Å². The lowest BCUT2D eigenvalue weighted by Gasteiger charge is -2.24. The molecule has 0 aromatic heterocycles. The molecule has 1 rings (SSSR count). The zero-order valence-corrected chi connectivity index (χ0v) is 13.2. The van der Waals surface area contributed by atoms with Gasteiger partial charge >= 0.3 is 7.60 Å². The molecule has 0 heterocycles. The average molecular weight is 301 g/mol. The van der Waals surface area contributed by atoms with E-state index in [0.29, 0.717) is 12.3 Å². The van der Waals surface area contributed by atoms with Crippen LogP contribution in [0.25, 0.3) is 0 Å². The Labute approximate surface area is 120 Å². The first-order valence-electron chi connectivity index (χ1n) is 6.89. The highest BCUT2D eigenvalue weighted by Gasteiger charge is 2.33. The monoisotopic (exact) mass is 301 g/mol. The summed E-state index contributed by atoms with van der Waals surface area (Å²) in [6, 6.07) is 7.11. The third-order valence-electron chi connectivity index (χ3n) is 2.94. The molecule has 2 atom stereocenters. The number of unbranched alkanes of at least 4 members (excludes halogenated alkanes) is 1. The topological polar surface area (TPSA) is 67.8 Å². The van der Waals surface area contributed by atoms with Crippen LogP contribution >= 0.6 is 7.60 Å². The number of ether oxygens (including phenoxy) is 1. The predicted octanol–water partition coefficient (Wildman–Crippen LogP) is 3.31. The lowest BCUT2D eigenvalue weighted by Crippen LogP contribution is -2.23. The summed E-state index contributed by atoms with van der Waals surface area (Å²) in [7, 11) is -2.15. The highest BCUT2D eigenvalue weighted by molar-refractivity contribution is 7.53. The Morgan fingerprint density at radius 1 is 1.30 bits per heavy atom. The van der Waals surface area contributed by atoms with Gasteiger partial charge in [-0.1, -0.05) is 25.5 Å². The largest absolute Gasteiger partial charge is 0.497 e. The summed E-state index contributed by atoms with van der Waals surface area (Å²) in [5, 5.41) is 3.12. The average Bonchev–Trinajstić information content (AvgIpc) is 2.43. The van der Waals surface area contributed by atoms with Crippen LogP contribution in [0.3, 0.4) is 0 Å². The molecule has 0 fully saturated rings. The van der Waals surface area contributed by atoms with Crippen LogP contribution in [-0.4, -0.2) is 25.2 Å². The summed E-state index contributed by atoms with van der Waals surface area (Å²) in [5.74, 6) is 0.00477. The van der Waals surface area contributed by atoms with Gasteiger partial charge in [0, 0.05) is 0 Å². The van der Waals surface area contributed by atoms with Gasteiger partial charge in [-0.15, -0.1) is 0 Å². The molecule has 0 saturated carbocycles. The first-order chi connectivity index (χ1) is 9.55. The van der Waals surface area contributed by atoms with E-state index in [4.69, 9.17) is 9.26 Å². The second kappa shape index (κ2) is 8.42. The maximum absolute atomic E-state index is 12.3. The quantitative estimate of drug-likeness (QED) is 0.541. The van der Waals surface area contributed by atoms with Crippen LogP contribution in [-0.2, 0) is 9.09 Å². The Balaban J connectivity index is 2.92. The highest BCUT2D eigenvalue weighted by atomic mass is 31.2. The van der Waals surface area contributed by atoms with E-state index in [1.165, 1.54) is 0 Å². The molecule has 5 nitrogen and oxygen atoms in total. The highest BCUT2D eigenvalue weighted by Crippen LogP contribution is 2.54. The first-order valence-corrected chi connectivity index (χ1v) is 8.54. The zero-order chi connectivity index (χ0) is 15.0. The molecule has 0 aliphatic heterocycles. The summed E-state index contributed by atoms with van der Waals surface area (Å²) in [5.41, 5.74) is 0.723. The van der Waals surface area contributed by atoms with E-state index < -0.39 is 13.4 Å². The maximum Gasteiger partial charge on any atom is 0.349 e. The van der Waals surface area contributed by atoms with Crippen molar-refractivity contribution in [2.24, 2.45) is 0 Å². The van der Waals surface area contributed by atoms with Gasteiger partial charge in [-0.05, 0) is 37.6 Å². The molecule has 2 N–H and O–H groups in total. The summed E-state index contributed by atoms with van der Waals surface area (Å²) in [4.78, 5) is 10.1. The van der Waals surface area contributed by atoms with Crippen LogP contribution < -0.4 is 10.1 Å². The van der Waals surface area contributed by atoms with Crippen molar-refractivity contribution in [2.75, 3.05) is 20.3 Å². The minimum absolute atomic E-state index is 0.204. The van der Waals surface area contributed by atoms with Crippen LogP contribution in [0.1, 0.15) is 38.0 Å². The lowest BCUT2D eigenvalue weighted by atomic mass is 10.2. The van der Waals surface area contributed by atoms with Crippen molar-refractivity contribution in [1.29, 1.82) is 0 Å². The number of methoxy groups -OCH3 is 1. The van der Waals surface area contributed by atoms with Crippen molar-refractivity contribution in [3.8, 4) is 5.75 Å². The Morgan fingerprint density at radius 3 is 2.45 bits per heavy atom. The first kappa shape index (κ1) is 17.2. The van der Waals surface area contributed by atoms with Crippen molar-refractivity contribution in [3.05, 3.63) is 29.8 Å². The van der Waals surface area contributed by atoms with Crippen LogP contribution in [0.15, 0.2) is 24.3 Å². The van der Waals surface area contributed by atoms with E-state index in [2.05, 4.69) is 12.2 Å². The molecule has 1 aromatic rings. The van der Waals surface area contributed by atoms with Crippen molar-refractivity contribution in [3.63, 3.8) is 0 Å². The molecular weight excluding hydrogens is 277 g/mol. The van der Waals surface area contributed by atoms with Gasteiger partial charge in [0.05, 0.1) is 13.7 Å². The van der Waals surface area contributed by atoms with E-state index >= 15 is 0 Å². The molecular formula is C14H24NO4P. The third-order valence-corrected chi connectivity index (χ3v) is 4.70. The number of rotatable bonds is 9. The Bertz CT molecular complexity index is 435. The fraction of sp³-hybridized carbons (Fsp3) is 0.571. The molecule has 0 saturated heterocycles. The third kappa shape index (κ3) is 4.91. The van der Waals surface area contributed by atoms with Crippen molar-refractivity contribution < 1.29 is 18.7 Å². The fourth-order valence-corrected chi connectivity index (χ4v) is 3.31. The van der Waals surface area contributed by atoms with Gasteiger partial charge in [0.1, 0.15) is 11.5 Å². The molecule has 0 bridgehead atoms. The molecule has 0 amide bonds. The van der Waals surface area contributed by atoms with Crippen LogP contribution in [0.2, 0.25) is 0 Å². The second-order valence-electron chi connectivity index (χ2n) is 4.47. The lowest BCUT2D eigenvalue weighted by molar-refractivity contribution is 0.258. The molecule has 0 radical (unpaired) electrons. The van der Waals surface area contributed by atoms with Gasteiger partial charge in [-0.3, -0.25) is 9.88 Å². The fourth-order valence-electron chi connectivity index (χ4n) is 1.88. The van der Waals surface area contributed by atoms with Gasteiger partial charge in [0.2, 0.25) is 0 Å². The van der Waals surface area contributed by atoms with Gasteiger partial charge in [-0.2, -0.15) is 0 Å². The second-order valence-corrected chi connectivity index (χ2v) is 6.37. The van der Waals surface area contributed by atoms with E-state index in [1.54, 1.807) is 38.3 Å². The molecule has 2 unspecified atom stereocenters. The Hall–Kier alpha value is -0.870. The minimum Gasteiger partial charge on any atom is -0.497 e. The summed E-state index contributed by atoms with van der Waals surface area (Å²) < 4.78 is 22.5. The maximum atomic E-state index is 12.3. The molecule has 0 aliphatic carbocycles. The van der Waals surface area contributed by atoms with Crippen LogP contribution in [0, 0.1) is 0 Å². The molecule has 6 heteroatoms. The molecule has 114 valence electrons. The SMILES string of the molecule is CCCCNC(c1ccc(OC)cc1)P(=O)(O)OCC. The normalized spacial score (nSPS) is 15.6. The van der Waals surface area contributed by atoms with Gasteiger partial charge < -0.3 is 14.2 Å². The summed E-state index contributed by atoms with van der Waals surface area (Å²) >= 11 is 0. The van der Waals surface area contributed by atoms with Crippen molar-refractivity contribution in [1.82, 2.24) is 5.32 Å². The number of hydrogen-bond donors (Lipinski definition) is 2. The smallest absolute Gasteiger partial charge is 0.349 e. The van der Waals surface area contributed by atoms with E-state index in [0.717, 1.165) is 18.4 Å². The van der Waals surface area contributed by atoms with Crippen molar-refractivity contribution in [2.45, 2.75) is 32.5 Å².